The molecule has 6 nitrogen and oxygen atoms in total. The van der Waals surface area contributed by atoms with Crippen molar-refractivity contribution in [1.82, 2.24) is 15.5 Å². The normalized spacial score (nSPS) is 13.3. The molecule has 1 heterocycles. The van der Waals surface area contributed by atoms with E-state index in [0.29, 0.717) is 5.13 Å². The number of aliphatic hydroxyl groups is 1. The molecule has 7 heteroatoms. The summed E-state index contributed by atoms with van der Waals surface area (Å²) in [6.45, 7) is 10.4. The van der Waals surface area contributed by atoms with Gasteiger partial charge in [0.25, 0.3) is 0 Å². The lowest BCUT2D eigenvalue weighted by atomic mass is 9.97. The van der Waals surface area contributed by atoms with Gasteiger partial charge in [-0.25, -0.2) is 4.79 Å². The SMILES string of the molecule is CCC(CC)C(O)CNC(=O)Nc1nnc(C(C)(C)C)s1. The van der Waals surface area contributed by atoms with Gasteiger partial charge in [0.2, 0.25) is 5.13 Å². The van der Waals surface area contributed by atoms with Gasteiger partial charge in [-0.3, -0.25) is 5.32 Å². The highest BCUT2D eigenvalue weighted by Gasteiger charge is 2.20. The van der Waals surface area contributed by atoms with Crippen molar-refractivity contribution in [2.75, 3.05) is 11.9 Å². The van der Waals surface area contributed by atoms with Crippen molar-refractivity contribution in [3.8, 4) is 0 Å². The van der Waals surface area contributed by atoms with Crippen LogP contribution in [0.5, 0.6) is 0 Å². The molecule has 0 bridgehead atoms. The van der Waals surface area contributed by atoms with Gasteiger partial charge in [-0.1, -0.05) is 58.8 Å². The van der Waals surface area contributed by atoms with Crippen LogP contribution in [0.1, 0.15) is 52.5 Å². The summed E-state index contributed by atoms with van der Waals surface area (Å²) < 4.78 is 0. The first kappa shape index (κ1) is 17.8. The smallest absolute Gasteiger partial charge is 0.321 e. The lowest BCUT2D eigenvalue weighted by Gasteiger charge is -2.20. The maximum atomic E-state index is 11.8. The Morgan fingerprint density at radius 2 is 1.90 bits per heavy atom. The van der Waals surface area contributed by atoms with E-state index < -0.39 is 6.10 Å². The zero-order valence-electron chi connectivity index (χ0n) is 13.4. The molecule has 2 amide bonds. The number of amides is 2. The van der Waals surface area contributed by atoms with Crippen LogP contribution in [0.15, 0.2) is 0 Å². The Hall–Kier alpha value is -1.21. The van der Waals surface area contributed by atoms with Gasteiger partial charge >= 0.3 is 6.03 Å². The van der Waals surface area contributed by atoms with Crippen molar-refractivity contribution in [1.29, 1.82) is 0 Å². The van der Waals surface area contributed by atoms with E-state index in [1.54, 1.807) is 0 Å². The van der Waals surface area contributed by atoms with Crippen LogP contribution < -0.4 is 10.6 Å². The number of carbonyl (C=O) groups is 1. The molecule has 0 saturated carbocycles. The quantitative estimate of drug-likeness (QED) is 0.753. The minimum atomic E-state index is -0.523. The fourth-order valence-electron chi connectivity index (χ4n) is 1.91. The fourth-order valence-corrected chi connectivity index (χ4v) is 2.71. The average Bonchev–Trinajstić information content (AvgIpc) is 2.86. The van der Waals surface area contributed by atoms with Crippen LogP contribution in [0.4, 0.5) is 9.93 Å². The predicted molar refractivity (Wildman–Crippen MR) is 85.7 cm³/mol. The molecule has 0 aromatic carbocycles. The molecule has 0 aliphatic heterocycles. The molecule has 0 spiro atoms. The Labute approximate surface area is 130 Å². The van der Waals surface area contributed by atoms with Crippen molar-refractivity contribution < 1.29 is 9.90 Å². The van der Waals surface area contributed by atoms with Crippen molar-refractivity contribution in [2.24, 2.45) is 5.92 Å². The van der Waals surface area contributed by atoms with E-state index in [9.17, 15) is 9.90 Å². The molecule has 0 saturated heterocycles. The molecule has 1 atom stereocenters. The second-order valence-corrected chi connectivity index (χ2v) is 7.12. The number of urea groups is 1. The Kier molecular flexibility index (Phi) is 6.54. The van der Waals surface area contributed by atoms with E-state index >= 15 is 0 Å². The molecule has 0 aliphatic rings. The van der Waals surface area contributed by atoms with Crippen LogP contribution in [0.3, 0.4) is 0 Å². The minimum Gasteiger partial charge on any atom is -0.391 e. The third kappa shape index (κ3) is 5.59. The number of aliphatic hydroxyl groups excluding tert-OH is 1. The summed E-state index contributed by atoms with van der Waals surface area (Å²) in [6, 6.07) is -0.364. The summed E-state index contributed by atoms with van der Waals surface area (Å²) >= 11 is 1.36. The zero-order valence-corrected chi connectivity index (χ0v) is 14.3. The van der Waals surface area contributed by atoms with Crippen LogP contribution >= 0.6 is 11.3 Å². The Morgan fingerprint density at radius 3 is 2.38 bits per heavy atom. The molecular formula is C14H26N4O2S. The highest BCUT2D eigenvalue weighted by atomic mass is 32.1. The van der Waals surface area contributed by atoms with E-state index in [1.807, 2.05) is 34.6 Å². The molecule has 120 valence electrons. The van der Waals surface area contributed by atoms with E-state index in [2.05, 4.69) is 20.8 Å². The Bertz CT molecular complexity index is 452. The van der Waals surface area contributed by atoms with Crippen molar-refractivity contribution in [3.05, 3.63) is 5.01 Å². The van der Waals surface area contributed by atoms with Crippen LogP contribution in [0.2, 0.25) is 0 Å². The number of rotatable bonds is 6. The minimum absolute atomic E-state index is 0.0836. The first-order valence-electron chi connectivity index (χ1n) is 7.34. The lowest BCUT2D eigenvalue weighted by Crippen LogP contribution is -2.38. The molecule has 1 unspecified atom stereocenters. The molecule has 0 radical (unpaired) electrons. The number of carbonyl (C=O) groups excluding carboxylic acids is 1. The highest BCUT2D eigenvalue weighted by molar-refractivity contribution is 7.15. The molecule has 1 aromatic rings. The average molecular weight is 314 g/mol. The topological polar surface area (TPSA) is 87.1 Å². The standard InChI is InChI=1S/C14H26N4O2S/c1-6-9(7-2)10(19)8-15-12(20)16-13-18-17-11(21-13)14(3,4)5/h9-10,19H,6-8H2,1-5H3,(H2,15,16,18,20). The third-order valence-corrected chi connectivity index (χ3v) is 4.62. The molecule has 21 heavy (non-hydrogen) atoms. The van der Waals surface area contributed by atoms with Gasteiger partial charge in [-0.2, -0.15) is 0 Å². The molecule has 0 aliphatic carbocycles. The number of nitrogens with one attached hydrogen (secondary N) is 2. The number of anilines is 1. The number of hydrogen-bond donors (Lipinski definition) is 3. The van der Waals surface area contributed by atoms with Gasteiger partial charge in [0.1, 0.15) is 5.01 Å². The predicted octanol–water partition coefficient (Wildman–Crippen LogP) is 2.75. The summed E-state index contributed by atoms with van der Waals surface area (Å²) in [5, 5.41) is 24.6. The summed E-state index contributed by atoms with van der Waals surface area (Å²) in [5.41, 5.74) is -0.0836. The van der Waals surface area contributed by atoms with E-state index in [1.165, 1.54) is 11.3 Å². The van der Waals surface area contributed by atoms with E-state index in [-0.39, 0.29) is 23.9 Å². The van der Waals surface area contributed by atoms with Crippen LogP contribution in [-0.2, 0) is 5.41 Å². The van der Waals surface area contributed by atoms with Gasteiger partial charge in [0, 0.05) is 12.0 Å². The summed E-state index contributed by atoms with van der Waals surface area (Å²) in [6.07, 6.45) is 1.27. The largest absolute Gasteiger partial charge is 0.391 e. The van der Waals surface area contributed by atoms with Crippen LogP contribution in [-0.4, -0.2) is 34.0 Å². The zero-order chi connectivity index (χ0) is 16.0. The van der Waals surface area contributed by atoms with Gasteiger partial charge < -0.3 is 10.4 Å². The number of hydrogen-bond acceptors (Lipinski definition) is 5. The monoisotopic (exact) mass is 314 g/mol. The van der Waals surface area contributed by atoms with Crippen molar-refractivity contribution >= 4 is 22.5 Å². The van der Waals surface area contributed by atoms with E-state index in [0.717, 1.165) is 17.8 Å². The first-order chi connectivity index (χ1) is 9.77. The van der Waals surface area contributed by atoms with Gasteiger partial charge in [-0.05, 0) is 5.92 Å². The fraction of sp³-hybridized carbons (Fsp3) is 0.786. The second kappa shape index (κ2) is 7.70. The van der Waals surface area contributed by atoms with E-state index in [4.69, 9.17) is 0 Å². The van der Waals surface area contributed by atoms with Crippen molar-refractivity contribution in [3.63, 3.8) is 0 Å². The van der Waals surface area contributed by atoms with Crippen LogP contribution in [0.25, 0.3) is 0 Å². The molecule has 1 rings (SSSR count). The van der Waals surface area contributed by atoms with Gasteiger partial charge in [-0.15, -0.1) is 10.2 Å². The van der Waals surface area contributed by atoms with Gasteiger partial charge in [0.05, 0.1) is 6.10 Å². The van der Waals surface area contributed by atoms with Gasteiger partial charge in [0.15, 0.2) is 0 Å². The highest BCUT2D eigenvalue weighted by Crippen LogP contribution is 2.27. The Morgan fingerprint density at radius 1 is 1.29 bits per heavy atom. The Balaban J connectivity index is 2.46. The number of nitrogens with zero attached hydrogens (tertiary/aromatic N) is 2. The number of aromatic nitrogens is 2. The summed E-state index contributed by atoms with van der Waals surface area (Å²) in [7, 11) is 0. The molecular weight excluding hydrogens is 288 g/mol. The lowest BCUT2D eigenvalue weighted by molar-refractivity contribution is 0.104. The molecule has 1 aromatic heterocycles. The first-order valence-corrected chi connectivity index (χ1v) is 8.16. The maximum absolute atomic E-state index is 11.8. The molecule has 3 N–H and O–H groups in total. The van der Waals surface area contributed by atoms with Crippen LogP contribution in [0, 0.1) is 5.92 Å². The third-order valence-electron chi connectivity index (χ3n) is 3.35. The summed E-state index contributed by atoms with van der Waals surface area (Å²) in [5.74, 6) is 0.208. The molecule has 0 fully saturated rings. The second-order valence-electron chi connectivity index (χ2n) is 6.14. The summed E-state index contributed by atoms with van der Waals surface area (Å²) in [4.78, 5) is 11.8. The maximum Gasteiger partial charge on any atom is 0.321 e. The van der Waals surface area contributed by atoms with Crippen molar-refractivity contribution in [2.45, 2.75) is 59.0 Å².